The van der Waals surface area contributed by atoms with Crippen molar-refractivity contribution in [2.75, 3.05) is 17.2 Å². The Hall–Kier alpha value is -4.14. The topological polar surface area (TPSA) is 84.5 Å². The zero-order valence-electron chi connectivity index (χ0n) is 20.9. The van der Waals surface area contributed by atoms with Crippen LogP contribution < -0.4 is 10.6 Å². The van der Waals surface area contributed by atoms with E-state index in [1.807, 2.05) is 30.3 Å². The van der Waals surface area contributed by atoms with Crippen LogP contribution in [0.15, 0.2) is 78.9 Å². The van der Waals surface area contributed by atoms with Gasteiger partial charge in [-0.25, -0.2) is 0 Å². The fourth-order valence-corrected chi connectivity index (χ4v) is 3.76. The molecule has 0 aliphatic carbocycles. The number of anilines is 2. The van der Waals surface area contributed by atoms with E-state index >= 15 is 0 Å². The highest BCUT2D eigenvalue weighted by atomic mass is 19.4. The van der Waals surface area contributed by atoms with Crippen molar-refractivity contribution in [3.8, 4) is 0 Å². The van der Waals surface area contributed by atoms with Gasteiger partial charge in [-0.1, -0.05) is 30.3 Å². The third-order valence-corrected chi connectivity index (χ3v) is 5.72. The summed E-state index contributed by atoms with van der Waals surface area (Å²) in [7, 11) is 0. The van der Waals surface area contributed by atoms with Gasteiger partial charge in [0, 0.05) is 36.2 Å². The van der Waals surface area contributed by atoms with Crippen LogP contribution in [0.1, 0.15) is 47.7 Å². The van der Waals surface area contributed by atoms with Crippen molar-refractivity contribution in [1.82, 2.24) is 0 Å². The number of benzene rings is 3. The highest BCUT2D eigenvalue weighted by Gasteiger charge is 2.30. The second-order valence-electron chi connectivity index (χ2n) is 8.61. The molecule has 0 fully saturated rings. The van der Waals surface area contributed by atoms with Crippen LogP contribution in [-0.2, 0) is 26.9 Å². The first-order valence-corrected chi connectivity index (χ1v) is 12.2. The van der Waals surface area contributed by atoms with E-state index in [4.69, 9.17) is 4.74 Å². The predicted molar refractivity (Wildman–Crippen MR) is 139 cm³/mol. The smallest absolute Gasteiger partial charge is 0.416 e. The van der Waals surface area contributed by atoms with Crippen molar-refractivity contribution in [2.45, 2.75) is 44.8 Å². The van der Waals surface area contributed by atoms with E-state index in [2.05, 4.69) is 10.6 Å². The second kappa shape index (κ2) is 13.4. The van der Waals surface area contributed by atoms with Crippen LogP contribution >= 0.6 is 0 Å². The van der Waals surface area contributed by atoms with Crippen LogP contribution in [0, 0.1) is 0 Å². The van der Waals surface area contributed by atoms with Gasteiger partial charge in [0.05, 0.1) is 12.2 Å². The molecular formula is C29H29F3N2O4. The molecular weight excluding hydrogens is 497 g/mol. The normalized spacial score (nSPS) is 11.9. The summed E-state index contributed by atoms with van der Waals surface area (Å²) in [6.45, 7) is 2.02. The molecule has 3 aromatic carbocycles. The molecule has 9 heteroatoms. The van der Waals surface area contributed by atoms with Gasteiger partial charge < -0.3 is 15.4 Å². The molecule has 0 spiro atoms. The summed E-state index contributed by atoms with van der Waals surface area (Å²) >= 11 is 0. The number of hydrogen-bond acceptors (Lipinski definition) is 5. The molecule has 0 aliphatic rings. The molecule has 1 amide bonds. The number of ketones is 1. The first-order valence-electron chi connectivity index (χ1n) is 12.2. The Morgan fingerprint density at radius 2 is 1.47 bits per heavy atom. The maximum atomic E-state index is 13.1. The summed E-state index contributed by atoms with van der Waals surface area (Å²) in [4.78, 5) is 37.0. The van der Waals surface area contributed by atoms with Crippen molar-refractivity contribution in [3.05, 3.63) is 95.6 Å². The van der Waals surface area contributed by atoms with E-state index in [-0.39, 0.29) is 30.3 Å². The number of esters is 1. The number of Topliss-reactive ketones (excluding diaryl/α,β-unsaturated/α-hetero) is 1. The first-order chi connectivity index (χ1) is 18.2. The third-order valence-electron chi connectivity index (χ3n) is 5.72. The number of nitrogens with one attached hydrogen (secondary N) is 2. The van der Waals surface area contributed by atoms with Crippen LogP contribution in [0.5, 0.6) is 0 Å². The molecule has 6 nitrogen and oxygen atoms in total. The van der Waals surface area contributed by atoms with Gasteiger partial charge in [-0.2, -0.15) is 13.2 Å². The minimum atomic E-state index is -4.46. The van der Waals surface area contributed by atoms with Gasteiger partial charge in [0.25, 0.3) is 0 Å². The fourth-order valence-electron chi connectivity index (χ4n) is 3.76. The van der Waals surface area contributed by atoms with Gasteiger partial charge in [0.2, 0.25) is 5.91 Å². The number of carbonyl (C=O) groups is 3. The molecule has 38 heavy (non-hydrogen) atoms. The van der Waals surface area contributed by atoms with E-state index < -0.39 is 23.7 Å². The van der Waals surface area contributed by atoms with Crippen LogP contribution in [0.3, 0.4) is 0 Å². The highest BCUT2D eigenvalue weighted by Crippen LogP contribution is 2.30. The summed E-state index contributed by atoms with van der Waals surface area (Å²) in [6, 6.07) is 19.5. The van der Waals surface area contributed by atoms with Crippen LogP contribution in [0.25, 0.3) is 0 Å². The van der Waals surface area contributed by atoms with E-state index in [0.29, 0.717) is 30.7 Å². The van der Waals surface area contributed by atoms with Crippen molar-refractivity contribution >= 4 is 29.0 Å². The van der Waals surface area contributed by atoms with E-state index in [0.717, 1.165) is 17.7 Å². The molecule has 1 atom stereocenters. The molecule has 0 radical (unpaired) electrons. The molecule has 0 aromatic heterocycles. The van der Waals surface area contributed by atoms with Gasteiger partial charge in [-0.3, -0.25) is 14.4 Å². The van der Waals surface area contributed by atoms with Crippen LogP contribution in [-0.4, -0.2) is 30.3 Å². The second-order valence-corrected chi connectivity index (χ2v) is 8.61. The Morgan fingerprint density at radius 1 is 0.842 bits per heavy atom. The fraction of sp³-hybridized carbons (Fsp3) is 0.276. The number of amides is 1. The summed E-state index contributed by atoms with van der Waals surface area (Å²) in [5, 5.41) is 5.83. The molecule has 0 heterocycles. The third kappa shape index (κ3) is 8.76. The van der Waals surface area contributed by atoms with Crippen molar-refractivity contribution in [3.63, 3.8) is 0 Å². The summed E-state index contributed by atoms with van der Waals surface area (Å²) < 4.78 is 43.4. The largest absolute Gasteiger partial charge is 0.466 e. The van der Waals surface area contributed by atoms with Crippen molar-refractivity contribution < 1.29 is 32.3 Å². The Bertz CT molecular complexity index is 1210. The SMILES string of the molecule is CCOC(=O)CCCC(=O)c1ccc(N[C@@H](Cc2ccccc2)C(=O)Nc2ccc(C(F)(F)F)cc2)cc1. The standard InChI is InChI=1S/C29H29F3N2O4/c1-2-38-27(36)10-6-9-26(35)21-11-15-23(16-12-21)33-25(19-20-7-4-3-5-8-20)28(37)34-24-17-13-22(14-18-24)29(30,31)32/h3-5,7-8,11-18,25,33H,2,6,9-10,19H2,1H3,(H,34,37)/t25-/m0/s1. The molecule has 3 aromatic rings. The van der Waals surface area contributed by atoms with Crippen LogP contribution in [0.2, 0.25) is 0 Å². The Balaban J connectivity index is 1.67. The lowest BCUT2D eigenvalue weighted by molar-refractivity contribution is -0.143. The molecule has 0 saturated heterocycles. The first kappa shape index (κ1) is 28.4. The Morgan fingerprint density at radius 3 is 2.08 bits per heavy atom. The minimum Gasteiger partial charge on any atom is -0.466 e. The number of carbonyl (C=O) groups excluding carboxylic acids is 3. The highest BCUT2D eigenvalue weighted by molar-refractivity contribution is 5.98. The zero-order chi connectivity index (χ0) is 27.5. The molecule has 0 aliphatic heterocycles. The molecule has 0 bridgehead atoms. The van der Waals surface area contributed by atoms with E-state index in [1.165, 1.54) is 12.1 Å². The van der Waals surface area contributed by atoms with Gasteiger partial charge >= 0.3 is 12.1 Å². The maximum Gasteiger partial charge on any atom is 0.416 e. The average molecular weight is 527 g/mol. The monoisotopic (exact) mass is 526 g/mol. The lowest BCUT2D eigenvalue weighted by atomic mass is 10.0. The molecule has 0 unspecified atom stereocenters. The summed E-state index contributed by atoms with van der Waals surface area (Å²) in [5.41, 5.74) is 1.40. The number of halogens is 3. The summed E-state index contributed by atoms with van der Waals surface area (Å²) in [6.07, 6.45) is -3.37. The number of ether oxygens (including phenoxy) is 1. The number of hydrogen-bond donors (Lipinski definition) is 2. The number of alkyl halides is 3. The molecule has 0 saturated carbocycles. The maximum absolute atomic E-state index is 13.1. The van der Waals surface area contributed by atoms with Crippen LogP contribution in [0.4, 0.5) is 24.5 Å². The van der Waals surface area contributed by atoms with Crippen molar-refractivity contribution in [1.29, 1.82) is 0 Å². The minimum absolute atomic E-state index is 0.110. The van der Waals surface area contributed by atoms with E-state index in [1.54, 1.807) is 31.2 Å². The zero-order valence-corrected chi connectivity index (χ0v) is 20.9. The Labute approximate surface area is 219 Å². The number of rotatable bonds is 12. The molecule has 2 N–H and O–H groups in total. The van der Waals surface area contributed by atoms with Gasteiger partial charge in [0.1, 0.15) is 6.04 Å². The quantitative estimate of drug-likeness (QED) is 0.214. The lowest BCUT2D eigenvalue weighted by Crippen LogP contribution is -2.36. The Kier molecular flexibility index (Phi) is 10.0. The average Bonchev–Trinajstić information content (AvgIpc) is 2.89. The predicted octanol–water partition coefficient (Wildman–Crippen LogP) is 6.28. The van der Waals surface area contributed by atoms with Gasteiger partial charge in [0.15, 0.2) is 5.78 Å². The van der Waals surface area contributed by atoms with Gasteiger partial charge in [-0.05, 0) is 67.4 Å². The summed E-state index contributed by atoms with van der Waals surface area (Å²) in [5.74, 6) is -0.867. The molecule has 200 valence electrons. The molecule has 3 rings (SSSR count). The lowest BCUT2D eigenvalue weighted by Gasteiger charge is -2.20. The van der Waals surface area contributed by atoms with Crippen molar-refractivity contribution in [2.24, 2.45) is 0 Å². The van der Waals surface area contributed by atoms with Gasteiger partial charge in [-0.15, -0.1) is 0 Å². The van der Waals surface area contributed by atoms with E-state index in [9.17, 15) is 27.6 Å².